The van der Waals surface area contributed by atoms with Crippen molar-refractivity contribution in [2.24, 2.45) is 0 Å². The van der Waals surface area contributed by atoms with E-state index in [0.717, 1.165) is 36.6 Å². The molecule has 0 spiro atoms. The van der Waals surface area contributed by atoms with Gasteiger partial charge < -0.3 is 5.32 Å². The van der Waals surface area contributed by atoms with Gasteiger partial charge in [-0.1, -0.05) is 13.8 Å². The Morgan fingerprint density at radius 1 is 1.15 bits per heavy atom. The van der Waals surface area contributed by atoms with Gasteiger partial charge in [-0.2, -0.15) is 5.10 Å². The van der Waals surface area contributed by atoms with Crippen molar-refractivity contribution >= 4 is 0 Å². The number of nitrogens with zero attached hydrogens (tertiary/aromatic N) is 4. The highest BCUT2D eigenvalue weighted by molar-refractivity contribution is 5.24. The van der Waals surface area contributed by atoms with E-state index < -0.39 is 0 Å². The topological polar surface area (TPSA) is 55.6 Å². The smallest absolute Gasteiger partial charge is 0.172 e. The van der Waals surface area contributed by atoms with Crippen molar-refractivity contribution in [3.05, 3.63) is 35.5 Å². The van der Waals surface area contributed by atoms with Crippen LogP contribution in [0.2, 0.25) is 0 Å². The van der Waals surface area contributed by atoms with Gasteiger partial charge in [0.2, 0.25) is 0 Å². The molecule has 1 fully saturated rings. The second-order valence-corrected chi connectivity index (χ2v) is 5.27. The fourth-order valence-electron chi connectivity index (χ4n) is 2.18. The lowest BCUT2D eigenvalue weighted by Crippen LogP contribution is -2.16. The third kappa shape index (κ3) is 2.88. The maximum Gasteiger partial charge on any atom is 0.172 e. The summed E-state index contributed by atoms with van der Waals surface area (Å²) >= 11 is 0. The Hall–Kier alpha value is -1.75. The molecule has 2 aromatic rings. The van der Waals surface area contributed by atoms with Crippen molar-refractivity contribution in [3.63, 3.8) is 0 Å². The molecule has 0 unspecified atom stereocenters. The number of hydrogen-bond acceptors (Lipinski definition) is 4. The van der Waals surface area contributed by atoms with Crippen LogP contribution >= 0.6 is 0 Å². The lowest BCUT2D eigenvalue weighted by atomic mass is 10.3. The average molecular weight is 271 g/mol. The molecule has 1 aliphatic carbocycles. The van der Waals surface area contributed by atoms with E-state index in [-0.39, 0.29) is 0 Å². The molecule has 1 aliphatic rings. The van der Waals surface area contributed by atoms with Gasteiger partial charge in [0, 0.05) is 18.3 Å². The molecule has 0 aromatic carbocycles. The zero-order valence-corrected chi connectivity index (χ0v) is 12.1. The lowest BCUT2D eigenvalue weighted by molar-refractivity contribution is 0.668. The van der Waals surface area contributed by atoms with Gasteiger partial charge in [-0.3, -0.25) is 4.98 Å². The first-order valence-corrected chi connectivity index (χ1v) is 7.42. The van der Waals surface area contributed by atoms with Crippen LogP contribution in [-0.2, 0) is 19.4 Å². The van der Waals surface area contributed by atoms with Crippen molar-refractivity contribution in [1.29, 1.82) is 0 Å². The molecule has 2 aromatic heterocycles. The van der Waals surface area contributed by atoms with Gasteiger partial charge in [0.25, 0.3) is 0 Å². The van der Waals surface area contributed by atoms with Crippen LogP contribution in [0.15, 0.2) is 18.5 Å². The summed E-state index contributed by atoms with van der Waals surface area (Å²) in [6, 6.07) is 2.84. The van der Waals surface area contributed by atoms with Crippen LogP contribution in [-0.4, -0.2) is 25.8 Å². The molecule has 106 valence electrons. The van der Waals surface area contributed by atoms with Gasteiger partial charge in [-0.25, -0.2) is 9.67 Å². The van der Waals surface area contributed by atoms with E-state index in [1.54, 1.807) is 0 Å². The summed E-state index contributed by atoms with van der Waals surface area (Å²) < 4.78 is 1.91. The van der Waals surface area contributed by atoms with E-state index in [0.29, 0.717) is 6.04 Å². The molecule has 0 amide bonds. The summed E-state index contributed by atoms with van der Waals surface area (Å²) in [5, 5.41) is 8.03. The maximum atomic E-state index is 4.58. The first kappa shape index (κ1) is 13.2. The molecular formula is C15H21N5. The quantitative estimate of drug-likeness (QED) is 0.873. The molecule has 0 radical (unpaired) electrons. The third-order valence-corrected chi connectivity index (χ3v) is 3.62. The van der Waals surface area contributed by atoms with Gasteiger partial charge in [-0.15, -0.1) is 0 Å². The molecule has 0 atom stereocenters. The molecule has 3 rings (SSSR count). The van der Waals surface area contributed by atoms with Gasteiger partial charge in [0.05, 0.1) is 23.8 Å². The summed E-state index contributed by atoms with van der Waals surface area (Å²) in [6.07, 6.45) is 8.13. The standard InChI is InChI=1S/C15H21N5/c1-3-11-7-14(4-2)20(19-11)15-10-17-13(9-18-15)8-16-12-5-6-12/h7,9-10,12,16H,3-6,8H2,1-2H3. The maximum absolute atomic E-state index is 4.58. The molecule has 1 N–H and O–H groups in total. The van der Waals surface area contributed by atoms with E-state index in [1.165, 1.54) is 18.5 Å². The molecule has 20 heavy (non-hydrogen) atoms. The predicted octanol–water partition coefficient (Wildman–Crippen LogP) is 2.04. The molecule has 0 bridgehead atoms. The van der Waals surface area contributed by atoms with Crippen LogP contribution in [0.4, 0.5) is 0 Å². The van der Waals surface area contributed by atoms with E-state index in [9.17, 15) is 0 Å². The highest BCUT2D eigenvalue weighted by atomic mass is 15.3. The Morgan fingerprint density at radius 2 is 2.00 bits per heavy atom. The van der Waals surface area contributed by atoms with Crippen molar-refractivity contribution in [1.82, 2.24) is 25.1 Å². The normalized spacial score (nSPS) is 14.7. The van der Waals surface area contributed by atoms with Crippen LogP contribution in [0.5, 0.6) is 0 Å². The van der Waals surface area contributed by atoms with E-state index in [2.05, 4.69) is 40.3 Å². The number of nitrogens with one attached hydrogen (secondary N) is 1. The van der Waals surface area contributed by atoms with Crippen LogP contribution in [0.25, 0.3) is 5.82 Å². The fraction of sp³-hybridized carbons (Fsp3) is 0.533. The second-order valence-electron chi connectivity index (χ2n) is 5.27. The van der Waals surface area contributed by atoms with Crippen LogP contribution in [0.1, 0.15) is 43.8 Å². The molecule has 0 saturated heterocycles. The largest absolute Gasteiger partial charge is 0.308 e. The minimum Gasteiger partial charge on any atom is -0.308 e. The molecule has 2 heterocycles. The third-order valence-electron chi connectivity index (χ3n) is 3.62. The van der Waals surface area contributed by atoms with Crippen molar-refractivity contribution in [3.8, 4) is 5.82 Å². The molecule has 0 aliphatic heterocycles. The van der Waals surface area contributed by atoms with Crippen molar-refractivity contribution in [2.45, 2.75) is 52.1 Å². The summed E-state index contributed by atoms with van der Waals surface area (Å²) in [7, 11) is 0. The van der Waals surface area contributed by atoms with E-state index in [1.807, 2.05) is 17.1 Å². The van der Waals surface area contributed by atoms with Crippen LogP contribution in [0.3, 0.4) is 0 Å². The van der Waals surface area contributed by atoms with Gasteiger partial charge in [-0.05, 0) is 31.7 Å². The van der Waals surface area contributed by atoms with Crippen LogP contribution < -0.4 is 5.32 Å². The minimum absolute atomic E-state index is 0.696. The second kappa shape index (κ2) is 5.71. The van der Waals surface area contributed by atoms with Gasteiger partial charge >= 0.3 is 0 Å². The summed E-state index contributed by atoms with van der Waals surface area (Å²) in [6.45, 7) is 5.05. The fourth-order valence-corrected chi connectivity index (χ4v) is 2.18. The van der Waals surface area contributed by atoms with E-state index in [4.69, 9.17) is 0 Å². The highest BCUT2D eigenvalue weighted by Crippen LogP contribution is 2.19. The van der Waals surface area contributed by atoms with Gasteiger partial charge in [0.1, 0.15) is 0 Å². The highest BCUT2D eigenvalue weighted by Gasteiger charge is 2.20. The Morgan fingerprint density at radius 3 is 2.60 bits per heavy atom. The summed E-state index contributed by atoms with van der Waals surface area (Å²) in [4.78, 5) is 8.98. The molecule has 5 nitrogen and oxygen atoms in total. The zero-order valence-electron chi connectivity index (χ0n) is 12.1. The van der Waals surface area contributed by atoms with Crippen molar-refractivity contribution < 1.29 is 0 Å². The lowest BCUT2D eigenvalue weighted by Gasteiger charge is -2.06. The number of hydrogen-bond donors (Lipinski definition) is 1. The molecular weight excluding hydrogens is 250 g/mol. The average Bonchev–Trinajstić information content (AvgIpc) is 3.23. The molecule has 5 heteroatoms. The Labute approximate surface area is 119 Å². The van der Waals surface area contributed by atoms with Crippen molar-refractivity contribution in [2.75, 3.05) is 0 Å². The first-order chi connectivity index (χ1) is 9.80. The predicted molar refractivity (Wildman–Crippen MR) is 77.8 cm³/mol. The number of aromatic nitrogens is 4. The Balaban J connectivity index is 1.77. The zero-order chi connectivity index (χ0) is 13.9. The SMILES string of the molecule is CCc1cc(CC)n(-c2cnc(CNC3CC3)cn2)n1. The first-order valence-electron chi connectivity index (χ1n) is 7.42. The van der Waals surface area contributed by atoms with Gasteiger partial charge in [0.15, 0.2) is 5.82 Å². The monoisotopic (exact) mass is 271 g/mol. The van der Waals surface area contributed by atoms with Crippen LogP contribution in [0, 0.1) is 0 Å². The number of rotatable bonds is 6. The Kier molecular flexibility index (Phi) is 3.78. The summed E-state index contributed by atoms with van der Waals surface area (Å²) in [5.41, 5.74) is 3.27. The van der Waals surface area contributed by atoms with E-state index >= 15 is 0 Å². The Bertz CT molecular complexity index is 568. The molecule has 1 saturated carbocycles. The summed E-state index contributed by atoms with van der Waals surface area (Å²) in [5.74, 6) is 0.803. The minimum atomic E-state index is 0.696. The number of aryl methyl sites for hydroxylation is 2.